The summed E-state index contributed by atoms with van der Waals surface area (Å²) in [5.74, 6) is -3.26. The van der Waals surface area contributed by atoms with Crippen LogP contribution in [0.1, 0.15) is 11.8 Å². The van der Waals surface area contributed by atoms with Crippen molar-refractivity contribution >= 4 is 40.5 Å². The van der Waals surface area contributed by atoms with Gasteiger partial charge in [-0.05, 0) is 17.2 Å². The Morgan fingerprint density at radius 1 is 1.26 bits per heavy atom. The number of halogens is 2. The van der Waals surface area contributed by atoms with E-state index in [-0.39, 0.29) is 16.4 Å². The number of benzene rings is 1. The van der Waals surface area contributed by atoms with Gasteiger partial charge in [-0.15, -0.1) is 0 Å². The van der Waals surface area contributed by atoms with Crippen molar-refractivity contribution < 1.29 is 38.8 Å². The molecule has 34 heavy (non-hydrogen) atoms. The number of hydrogen-bond acceptors (Lipinski definition) is 9. The van der Waals surface area contributed by atoms with E-state index in [1.807, 2.05) is 30.3 Å². The van der Waals surface area contributed by atoms with Crippen LogP contribution in [0.15, 0.2) is 36.7 Å². The van der Waals surface area contributed by atoms with Crippen molar-refractivity contribution in [2.75, 3.05) is 5.32 Å². The first-order valence-corrected chi connectivity index (χ1v) is 10.4. The second-order valence-electron chi connectivity index (χ2n) is 7.85. The Balaban J connectivity index is 1.37. The average molecular weight is 494 g/mol. The third-order valence-electron chi connectivity index (χ3n) is 5.76. The van der Waals surface area contributed by atoms with Crippen LogP contribution in [0.3, 0.4) is 0 Å². The van der Waals surface area contributed by atoms with E-state index in [1.165, 1.54) is 10.9 Å². The minimum atomic E-state index is -2.27. The normalized spacial score (nSPS) is 27.6. The van der Waals surface area contributed by atoms with Crippen LogP contribution in [0.5, 0.6) is 0 Å². The number of imidazole rings is 1. The van der Waals surface area contributed by atoms with E-state index in [0.717, 1.165) is 5.56 Å². The van der Waals surface area contributed by atoms with Crippen LogP contribution in [-0.2, 0) is 25.6 Å². The molecule has 1 saturated carbocycles. The molecular formula is C20H17ClFN5O7. The Hall–Kier alpha value is -3.39. The van der Waals surface area contributed by atoms with Gasteiger partial charge in [0.05, 0.1) is 6.33 Å². The van der Waals surface area contributed by atoms with Crippen LogP contribution < -0.4 is 5.32 Å². The number of carboxylic acids is 2. The van der Waals surface area contributed by atoms with Crippen molar-refractivity contribution in [3.8, 4) is 0 Å². The van der Waals surface area contributed by atoms with Crippen LogP contribution >= 0.6 is 11.6 Å². The molecule has 1 saturated heterocycles. The molecule has 0 bridgehead atoms. The second-order valence-corrected chi connectivity index (χ2v) is 8.19. The minimum Gasteiger partial charge on any atom is -0.479 e. The summed E-state index contributed by atoms with van der Waals surface area (Å²) < 4.78 is 27.0. The summed E-state index contributed by atoms with van der Waals surface area (Å²) in [6, 6.07) is 9.48. The summed E-state index contributed by atoms with van der Waals surface area (Å²) >= 11 is 6.06. The second kappa shape index (κ2) is 8.13. The summed E-state index contributed by atoms with van der Waals surface area (Å²) in [5.41, 5.74) is -0.828. The van der Waals surface area contributed by atoms with Crippen LogP contribution in [0.2, 0.25) is 5.28 Å². The van der Waals surface area contributed by atoms with E-state index >= 15 is 4.39 Å². The van der Waals surface area contributed by atoms with Gasteiger partial charge < -0.3 is 30.1 Å². The molecule has 3 heterocycles. The Bertz CT molecular complexity index is 1260. The Morgan fingerprint density at radius 2 is 1.97 bits per heavy atom. The lowest BCUT2D eigenvalue weighted by Gasteiger charge is -2.22. The maximum absolute atomic E-state index is 15.3. The smallest absolute Gasteiger partial charge is 0.344 e. The molecule has 4 N–H and O–H groups in total. The Morgan fingerprint density at radius 3 is 2.59 bits per heavy atom. The van der Waals surface area contributed by atoms with Gasteiger partial charge in [0.2, 0.25) is 5.28 Å². The van der Waals surface area contributed by atoms with Crippen molar-refractivity contribution in [1.29, 1.82) is 0 Å². The highest BCUT2D eigenvalue weighted by Crippen LogP contribution is 2.57. The topological polar surface area (TPSA) is 169 Å². The SMILES string of the molecule is O=C(O)C(OC1[C@H]2O[C@@H](n3cnc4c(NCc5ccccc5)nc(Cl)nc43)[C@@H](F)[C@@]12O)C(=O)O. The number of fused-ring (bicyclic) bond motifs is 2. The zero-order valence-electron chi connectivity index (χ0n) is 17.1. The van der Waals surface area contributed by atoms with Gasteiger partial charge in [-0.25, -0.2) is 19.0 Å². The molecule has 1 aliphatic carbocycles. The van der Waals surface area contributed by atoms with Crippen molar-refractivity contribution in [3.05, 3.63) is 47.5 Å². The monoisotopic (exact) mass is 493 g/mol. The van der Waals surface area contributed by atoms with Gasteiger partial charge in [0.25, 0.3) is 6.10 Å². The fourth-order valence-electron chi connectivity index (χ4n) is 4.01. The number of ether oxygens (including phenoxy) is 2. The molecule has 2 aliphatic rings. The van der Waals surface area contributed by atoms with E-state index in [9.17, 15) is 14.7 Å². The molecule has 5 atom stereocenters. The fraction of sp³-hybridized carbons (Fsp3) is 0.350. The molecule has 3 aromatic rings. The van der Waals surface area contributed by atoms with E-state index < -0.39 is 48.3 Å². The first-order chi connectivity index (χ1) is 16.2. The highest BCUT2D eigenvalue weighted by atomic mass is 35.5. The number of aliphatic carboxylic acids is 2. The number of carboxylic acid groups (broad SMARTS) is 2. The first kappa shape index (κ1) is 22.4. The van der Waals surface area contributed by atoms with E-state index in [1.54, 1.807) is 0 Å². The number of aliphatic hydroxyl groups is 1. The lowest BCUT2D eigenvalue weighted by molar-refractivity contribution is -0.173. The third kappa shape index (κ3) is 3.53. The summed E-state index contributed by atoms with van der Waals surface area (Å²) in [5, 5.41) is 31.5. The number of nitrogens with one attached hydrogen (secondary N) is 1. The third-order valence-corrected chi connectivity index (χ3v) is 5.93. The summed E-state index contributed by atoms with van der Waals surface area (Å²) in [7, 11) is 0. The molecule has 1 unspecified atom stereocenters. The first-order valence-electron chi connectivity index (χ1n) is 10.0. The highest BCUT2D eigenvalue weighted by Gasteiger charge is 2.79. The van der Waals surface area contributed by atoms with Gasteiger partial charge in [0.15, 0.2) is 35.0 Å². The number of hydrogen-bond donors (Lipinski definition) is 4. The predicted molar refractivity (Wildman–Crippen MR) is 112 cm³/mol. The van der Waals surface area contributed by atoms with E-state index in [2.05, 4.69) is 20.3 Å². The molecule has 178 valence electrons. The standard InChI is InChI=1S/C20H17ClFN5O7/c21-19-25-14(23-6-8-4-2-1-3-5-8)9-15(26-19)27(7-24-9)16-11(22)20(32)12(13(20)34-16)33-10(17(28)29)18(30)31/h1-5,7,10-13,16,32H,6H2,(H,28,29)(H,30,31)(H,23,25,26)/t11-,12?,13-,16-,20-/m1/s1. The molecule has 5 rings (SSSR count). The number of rotatable bonds is 8. The maximum atomic E-state index is 15.3. The number of nitrogens with zero attached hydrogens (tertiary/aromatic N) is 4. The summed E-state index contributed by atoms with van der Waals surface area (Å²) in [6.45, 7) is 0.414. The van der Waals surface area contributed by atoms with Crippen molar-refractivity contribution in [1.82, 2.24) is 19.5 Å². The van der Waals surface area contributed by atoms with Gasteiger partial charge in [0.1, 0.15) is 12.2 Å². The molecule has 0 spiro atoms. The van der Waals surface area contributed by atoms with Crippen LogP contribution in [0, 0.1) is 0 Å². The zero-order chi connectivity index (χ0) is 24.2. The van der Waals surface area contributed by atoms with Crippen molar-refractivity contribution in [2.45, 2.75) is 42.9 Å². The molecule has 0 amide bonds. The van der Waals surface area contributed by atoms with Gasteiger partial charge in [-0.1, -0.05) is 30.3 Å². The lowest BCUT2D eigenvalue weighted by Crippen LogP contribution is -2.39. The molecule has 1 aliphatic heterocycles. The fourth-order valence-corrected chi connectivity index (χ4v) is 4.17. The molecule has 0 radical (unpaired) electrons. The predicted octanol–water partition coefficient (Wildman–Crippen LogP) is 0.995. The van der Waals surface area contributed by atoms with Gasteiger partial charge >= 0.3 is 11.9 Å². The molecule has 2 aromatic heterocycles. The van der Waals surface area contributed by atoms with Gasteiger partial charge in [-0.2, -0.15) is 9.97 Å². The van der Waals surface area contributed by atoms with Crippen molar-refractivity contribution in [3.63, 3.8) is 0 Å². The number of aromatic nitrogens is 4. The van der Waals surface area contributed by atoms with Crippen LogP contribution in [-0.4, -0.2) is 76.9 Å². The van der Waals surface area contributed by atoms with Crippen LogP contribution in [0.25, 0.3) is 11.2 Å². The number of carbonyl (C=O) groups is 2. The summed E-state index contributed by atoms with van der Waals surface area (Å²) in [6.07, 6.45) is -7.25. The largest absolute Gasteiger partial charge is 0.479 e. The maximum Gasteiger partial charge on any atom is 0.344 e. The number of alkyl halides is 1. The summed E-state index contributed by atoms with van der Waals surface area (Å²) in [4.78, 5) is 34.6. The quantitative estimate of drug-likeness (QED) is 0.261. The molecule has 2 fully saturated rings. The highest BCUT2D eigenvalue weighted by molar-refractivity contribution is 6.28. The zero-order valence-corrected chi connectivity index (χ0v) is 17.8. The number of anilines is 1. The van der Waals surface area contributed by atoms with Gasteiger partial charge in [0, 0.05) is 6.54 Å². The molecule has 12 nitrogen and oxygen atoms in total. The Kier molecular flexibility index (Phi) is 5.36. The average Bonchev–Trinajstić information content (AvgIpc) is 3.04. The Labute approximate surface area is 194 Å². The molecule has 1 aromatic carbocycles. The molecule has 14 heteroatoms. The van der Waals surface area contributed by atoms with E-state index in [4.69, 9.17) is 31.3 Å². The molecular weight excluding hydrogens is 477 g/mol. The lowest BCUT2D eigenvalue weighted by atomic mass is 10.2. The van der Waals surface area contributed by atoms with Crippen molar-refractivity contribution in [2.24, 2.45) is 0 Å². The van der Waals surface area contributed by atoms with E-state index in [0.29, 0.717) is 12.4 Å². The minimum absolute atomic E-state index is 0.131. The van der Waals surface area contributed by atoms with Crippen LogP contribution in [0.4, 0.5) is 10.2 Å². The van der Waals surface area contributed by atoms with Gasteiger partial charge in [-0.3, -0.25) is 4.57 Å².